The van der Waals surface area contributed by atoms with Gasteiger partial charge in [-0.3, -0.25) is 0 Å². The van der Waals surface area contributed by atoms with Crippen LogP contribution in [0.1, 0.15) is 239 Å². The maximum Gasteiger partial charge on any atom is 0.339 e. The molecule has 0 saturated carbocycles. The first kappa shape index (κ1) is 42.6. The molecule has 0 spiro atoms. The van der Waals surface area contributed by atoms with Crippen molar-refractivity contribution in [3.05, 3.63) is 137 Å². The lowest BCUT2D eigenvalue weighted by atomic mass is 9.68. The fourth-order valence-corrected chi connectivity index (χ4v) is 12.3. The van der Waals surface area contributed by atoms with Crippen molar-refractivity contribution in [1.82, 2.24) is 0 Å². The summed E-state index contributed by atoms with van der Waals surface area (Å²) in [5.74, 6) is -4.39. The van der Waals surface area contributed by atoms with Crippen LogP contribution in [0.15, 0.2) is 36.4 Å². The zero-order valence-electron chi connectivity index (χ0n) is 38.4. The van der Waals surface area contributed by atoms with Gasteiger partial charge in [0.15, 0.2) is 0 Å². The smallest absolute Gasteiger partial charge is 0.339 e. The van der Waals surface area contributed by atoms with E-state index in [0.29, 0.717) is 0 Å². The zero-order chi connectivity index (χ0) is 46.3. The Morgan fingerprint density at radius 3 is 0.815 bits per heavy atom. The first-order valence-electron chi connectivity index (χ1n) is 22.5. The zero-order valence-corrected chi connectivity index (χ0v) is 38.4. The highest BCUT2D eigenvalue weighted by atomic mass is 16.6. The summed E-state index contributed by atoms with van der Waals surface area (Å²) in [6, 6.07) is 11.0. The maximum atomic E-state index is 14.1. The van der Waals surface area contributed by atoms with Crippen LogP contribution in [0.5, 0.6) is 0 Å². The second-order valence-electron chi connectivity index (χ2n) is 20.0. The Balaban J connectivity index is 1.22. The van der Waals surface area contributed by atoms with Gasteiger partial charge in [0.2, 0.25) is 0 Å². The summed E-state index contributed by atoms with van der Waals surface area (Å²) in [7, 11) is 2.58. The quantitative estimate of drug-likeness (QED) is 0.122. The molecule has 6 bridgehead atoms. The molecule has 336 valence electrons. The first-order chi connectivity index (χ1) is 30.8. The molecule has 10 rings (SSSR count). The van der Waals surface area contributed by atoms with Crippen molar-refractivity contribution in [3.8, 4) is 0 Å². The van der Waals surface area contributed by atoms with E-state index >= 15 is 0 Å². The van der Waals surface area contributed by atoms with Gasteiger partial charge in [-0.1, -0.05) is 0 Å². The van der Waals surface area contributed by atoms with Crippen LogP contribution in [0, 0.1) is 0 Å². The van der Waals surface area contributed by atoms with Crippen LogP contribution >= 0.6 is 0 Å². The predicted octanol–water partition coefficient (Wildman–Crippen LogP) is 9.47. The molecular formula is C53H52O12. The Kier molecular flexibility index (Phi) is 9.58. The Morgan fingerprint density at radius 2 is 0.615 bits per heavy atom. The number of ether oxygens (including phenoxy) is 6. The van der Waals surface area contributed by atoms with Crippen molar-refractivity contribution in [3.63, 3.8) is 0 Å². The number of hydrogen-bond donors (Lipinski definition) is 0. The van der Waals surface area contributed by atoms with Crippen molar-refractivity contribution >= 4 is 35.8 Å². The summed E-state index contributed by atoms with van der Waals surface area (Å²) < 4.78 is 33.1. The largest absolute Gasteiger partial charge is 0.465 e. The minimum absolute atomic E-state index is 0.115. The molecule has 0 aromatic heterocycles. The number of benzene rings is 4. The van der Waals surface area contributed by atoms with Crippen molar-refractivity contribution < 1.29 is 57.2 Å². The number of fused-ring (bicyclic) bond motifs is 27. The summed E-state index contributed by atoms with van der Waals surface area (Å²) in [6.07, 6.45) is 2.17. The number of carbonyl (C=O) groups excluding carboxylic acids is 6. The van der Waals surface area contributed by atoms with Crippen LogP contribution in [0.2, 0.25) is 0 Å². The van der Waals surface area contributed by atoms with Gasteiger partial charge in [-0.05, 0) is 178 Å². The molecule has 0 amide bonds. The highest BCUT2D eigenvalue weighted by Crippen LogP contribution is 2.72. The van der Waals surface area contributed by atoms with E-state index in [9.17, 15) is 28.8 Å². The first-order valence-corrected chi connectivity index (χ1v) is 22.5. The van der Waals surface area contributed by atoms with Crippen LogP contribution in [0.4, 0.5) is 0 Å². The topological polar surface area (TPSA) is 158 Å². The Bertz CT molecular complexity index is 2870. The third-order valence-electron chi connectivity index (χ3n) is 14.2. The molecule has 0 N–H and O–H groups in total. The molecule has 6 atom stereocenters. The molecule has 0 saturated heterocycles. The molecule has 0 fully saturated rings. The van der Waals surface area contributed by atoms with Gasteiger partial charge >= 0.3 is 35.8 Å². The molecule has 0 radical (unpaired) electrons. The summed E-state index contributed by atoms with van der Waals surface area (Å²) in [5, 5.41) is 0. The number of rotatable bonds is 8. The van der Waals surface area contributed by atoms with Gasteiger partial charge in [0.25, 0.3) is 0 Å². The lowest BCUT2D eigenvalue weighted by molar-refractivity contribution is 0.00185. The second-order valence-corrected chi connectivity index (χ2v) is 20.0. The van der Waals surface area contributed by atoms with Crippen molar-refractivity contribution in [2.45, 2.75) is 121 Å². The van der Waals surface area contributed by atoms with E-state index in [1.54, 1.807) is 67.5 Å². The van der Waals surface area contributed by atoms with Gasteiger partial charge in [-0.15, -0.1) is 0 Å². The van der Waals surface area contributed by atoms with Crippen molar-refractivity contribution in [2.24, 2.45) is 0 Å². The fourth-order valence-electron chi connectivity index (χ4n) is 12.3. The van der Waals surface area contributed by atoms with E-state index in [1.807, 2.05) is 24.3 Å². The SMILES string of the molecule is CCOC(=O)c1cc2c(cc1C(=O)OCC)[C@@H]1C[C@H]2c2c3c(c4c(c21)[C@@H]1C[C@H]4c2cc(C(=O)OC(C)(C)C)c(C(=O)OC(C)(C)C)cc21)[C@@H]1C[C@H]3c2cc(C(=O)OC)c(C(=O)OC)cc21. The number of methoxy groups -OCH3 is 2. The summed E-state index contributed by atoms with van der Waals surface area (Å²) in [5.41, 5.74) is 12.3. The Labute approximate surface area is 377 Å². The normalized spacial score (nSPS) is 21.7. The summed E-state index contributed by atoms with van der Waals surface area (Å²) in [6.45, 7) is 14.5. The maximum absolute atomic E-state index is 14.1. The van der Waals surface area contributed by atoms with Gasteiger partial charge < -0.3 is 28.4 Å². The fraction of sp³-hybridized carbons (Fsp3) is 0.434. The van der Waals surface area contributed by atoms with Crippen LogP contribution < -0.4 is 0 Å². The number of carbonyl (C=O) groups is 6. The average Bonchev–Trinajstić information content (AvgIpc) is 4.11. The van der Waals surface area contributed by atoms with E-state index in [1.165, 1.54) is 47.6 Å². The molecule has 0 aliphatic heterocycles. The molecule has 65 heavy (non-hydrogen) atoms. The van der Waals surface area contributed by atoms with E-state index in [2.05, 4.69) is 0 Å². The molecule has 0 unspecified atom stereocenters. The predicted molar refractivity (Wildman–Crippen MR) is 236 cm³/mol. The molecule has 6 aliphatic rings. The molecule has 6 aliphatic carbocycles. The van der Waals surface area contributed by atoms with Crippen LogP contribution in [0.3, 0.4) is 0 Å². The number of esters is 6. The molecule has 12 nitrogen and oxygen atoms in total. The lowest BCUT2D eigenvalue weighted by Gasteiger charge is -2.35. The third kappa shape index (κ3) is 6.22. The third-order valence-corrected chi connectivity index (χ3v) is 14.2. The molecule has 12 heteroatoms. The standard InChI is InChI=1S/C53H52O12/c1-11-62-48(56)36-15-24-25(16-37(36)49(57)63-12-2)31-20-30(24)42-40-28-19-29(23-14-35(47(55)61-10)34(13-22(23)28)46(54)60-9)41(40)44-32-21-33(45(44)43(31)42)27-18-39(51(59)65-53(6,7)8)38(17-26(27)32)50(58)64-52(3,4)5/h13-18,28-33H,11-12,19-21H2,1-10H3/t28-,29+,30+,31-,32-,33+/m0/s1. The van der Waals surface area contributed by atoms with Gasteiger partial charge in [-0.2, -0.15) is 0 Å². The van der Waals surface area contributed by atoms with E-state index in [-0.39, 0.29) is 82.1 Å². The molecule has 4 aromatic rings. The monoisotopic (exact) mass is 880 g/mol. The lowest BCUT2D eigenvalue weighted by Crippen LogP contribution is -2.28. The van der Waals surface area contributed by atoms with Crippen LogP contribution in [-0.4, -0.2) is 74.5 Å². The molecule has 4 aromatic carbocycles. The van der Waals surface area contributed by atoms with E-state index in [4.69, 9.17) is 28.4 Å². The van der Waals surface area contributed by atoms with Crippen LogP contribution in [0.25, 0.3) is 0 Å². The Hall–Kier alpha value is -6.30. The minimum atomic E-state index is -0.822. The van der Waals surface area contributed by atoms with Gasteiger partial charge in [0, 0.05) is 35.5 Å². The summed E-state index contributed by atoms with van der Waals surface area (Å²) >= 11 is 0. The van der Waals surface area contributed by atoms with Crippen LogP contribution in [-0.2, 0) is 28.4 Å². The van der Waals surface area contributed by atoms with Crippen molar-refractivity contribution in [2.75, 3.05) is 27.4 Å². The highest BCUT2D eigenvalue weighted by molar-refractivity contribution is 6.06. The van der Waals surface area contributed by atoms with E-state index in [0.717, 1.165) is 52.6 Å². The Morgan fingerprint density at radius 1 is 0.400 bits per heavy atom. The van der Waals surface area contributed by atoms with Gasteiger partial charge in [0.1, 0.15) is 11.2 Å². The highest BCUT2D eigenvalue weighted by Gasteiger charge is 2.58. The summed E-state index contributed by atoms with van der Waals surface area (Å²) in [4.78, 5) is 81.8. The molecular weight excluding hydrogens is 829 g/mol. The van der Waals surface area contributed by atoms with E-state index < -0.39 is 47.0 Å². The van der Waals surface area contributed by atoms with Gasteiger partial charge in [0.05, 0.1) is 60.8 Å². The molecule has 0 heterocycles. The van der Waals surface area contributed by atoms with Gasteiger partial charge in [-0.25, -0.2) is 28.8 Å². The minimum Gasteiger partial charge on any atom is -0.465 e. The second kappa shape index (κ2) is 14.6. The number of hydrogen-bond acceptors (Lipinski definition) is 12. The average molecular weight is 881 g/mol. The van der Waals surface area contributed by atoms with Crippen molar-refractivity contribution in [1.29, 1.82) is 0 Å².